The summed E-state index contributed by atoms with van der Waals surface area (Å²) in [6, 6.07) is 8.08. The maximum atomic E-state index is 12.3. The Morgan fingerprint density at radius 3 is 2.77 bits per heavy atom. The second-order valence-electron chi connectivity index (χ2n) is 6.50. The predicted octanol–water partition coefficient (Wildman–Crippen LogP) is 2.98. The third-order valence-corrected chi connectivity index (χ3v) is 5.46. The van der Waals surface area contributed by atoms with E-state index in [1.807, 2.05) is 35.0 Å². The van der Waals surface area contributed by atoms with Gasteiger partial charge < -0.3 is 9.88 Å². The number of rotatable bonds is 5. The number of imide groups is 1. The van der Waals surface area contributed by atoms with E-state index in [9.17, 15) is 14.4 Å². The minimum absolute atomic E-state index is 0.00823. The second kappa shape index (κ2) is 6.64. The third kappa shape index (κ3) is 3.14. The molecule has 1 aromatic carbocycles. The summed E-state index contributed by atoms with van der Waals surface area (Å²) in [5, 5.41) is 3.71. The average Bonchev–Trinajstić information content (AvgIpc) is 3.31. The quantitative estimate of drug-likeness (QED) is 0.823. The van der Waals surface area contributed by atoms with Crippen LogP contribution in [-0.2, 0) is 16.1 Å². The molecular weight excluding hydrogens is 350 g/mol. The number of carbonyl (C=O) groups excluding carboxylic acids is 3. The van der Waals surface area contributed by atoms with Gasteiger partial charge in [0.05, 0.1) is 4.91 Å². The van der Waals surface area contributed by atoms with Gasteiger partial charge in [0.1, 0.15) is 6.54 Å². The van der Waals surface area contributed by atoms with Crippen molar-refractivity contribution < 1.29 is 14.4 Å². The molecule has 0 atom stereocenters. The normalized spacial score (nSPS) is 19.0. The topological polar surface area (TPSA) is 71.4 Å². The van der Waals surface area contributed by atoms with E-state index in [0.29, 0.717) is 17.5 Å². The molecule has 4 rings (SSSR count). The van der Waals surface area contributed by atoms with Crippen LogP contribution in [0, 0.1) is 0 Å². The van der Waals surface area contributed by atoms with E-state index in [1.54, 1.807) is 13.0 Å². The summed E-state index contributed by atoms with van der Waals surface area (Å²) in [6.07, 6.45) is 5.73. The molecule has 26 heavy (non-hydrogen) atoms. The van der Waals surface area contributed by atoms with Crippen LogP contribution in [0.15, 0.2) is 35.4 Å². The number of hydrogen-bond donors (Lipinski definition) is 1. The number of nitrogens with zero attached hydrogens (tertiary/aromatic N) is 2. The van der Waals surface area contributed by atoms with E-state index < -0.39 is 0 Å². The number of amides is 3. The Labute approximate surface area is 155 Å². The zero-order chi connectivity index (χ0) is 18.3. The molecule has 134 valence electrons. The van der Waals surface area contributed by atoms with Gasteiger partial charge in [-0.3, -0.25) is 19.3 Å². The van der Waals surface area contributed by atoms with Gasteiger partial charge in [-0.1, -0.05) is 18.2 Å². The van der Waals surface area contributed by atoms with Crippen LogP contribution in [0.4, 0.5) is 4.79 Å². The van der Waals surface area contributed by atoms with E-state index in [-0.39, 0.29) is 23.6 Å². The number of nitrogens with one attached hydrogen (secondary N) is 1. The summed E-state index contributed by atoms with van der Waals surface area (Å²) in [4.78, 5) is 38.1. The largest absolute Gasteiger partial charge is 0.352 e. The van der Waals surface area contributed by atoms with Crippen molar-refractivity contribution in [1.82, 2.24) is 14.8 Å². The fourth-order valence-electron chi connectivity index (χ4n) is 3.09. The van der Waals surface area contributed by atoms with E-state index in [4.69, 9.17) is 0 Å². The van der Waals surface area contributed by atoms with Crippen molar-refractivity contribution in [3.8, 4) is 0 Å². The molecule has 6 nitrogen and oxygen atoms in total. The summed E-state index contributed by atoms with van der Waals surface area (Å²) in [5.41, 5.74) is 1.76. The van der Waals surface area contributed by atoms with Crippen molar-refractivity contribution in [2.24, 2.45) is 0 Å². The molecule has 1 aromatic heterocycles. The van der Waals surface area contributed by atoms with Gasteiger partial charge >= 0.3 is 0 Å². The number of likely N-dealkylation sites (N-methyl/N-ethyl adjacent to an activating group) is 1. The van der Waals surface area contributed by atoms with Gasteiger partial charge in [0.2, 0.25) is 5.91 Å². The molecule has 0 bridgehead atoms. The van der Waals surface area contributed by atoms with Crippen LogP contribution in [0.25, 0.3) is 17.0 Å². The standard InChI is InChI=1S/C19H19N3O3S/c1-2-22-18(24)16(26-19(22)25)9-12-10-21(11-17(23)20-13-7-8-13)15-6-4-3-5-14(12)15/h3-6,9-10,13H,2,7-8,11H2,1H3,(H,20,23)/b16-9-. The number of carbonyl (C=O) groups is 3. The van der Waals surface area contributed by atoms with Crippen molar-refractivity contribution in [2.45, 2.75) is 32.4 Å². The molecule has 7 heteroatoms. The molecule has 1 aliphatic heterocycles. The van der Waals surface area contributed by atoms with Gasteiger partial charge in [-0.05, 0) is 43.7 Å². The lowest BCUT2D eigenvalue weighted by molar-refractivity contribution is -0.123. The van der Waals surface area contributed by atoms with Crippen LogP contribution in [-0.4, -0.2) is 39.1 Å². The SMILES string of the molecule is CCN1C(=O)S/C(=C\c2cn(CC(=O)NC3CC3)c3ccccc23)C1=O. The molecule has 2 aromatic rings. The maximum absolute atomic E-state index is 12.3. The molecule has 0 radical (unpaired) electrons. The highest BCUT2D eigenvalue weighted by molar-refractivity contribution is 8.18. The molecule has 1 saturated carbocycles. The highest BCUT2D eigenvalue weighted by Crippen LogP contribution is 2.33. The minimum Gasteiger partial charge on any atom is -0.352 e. The molecule has 1 saturated heterocycles. The Balaban J connectivity index is 1.67. The van der Waals surface area contributed by atoms with Crippen molar-refractivity contribution in [3.63, 3.8) is 0 Å². The molecule has 3 amide bonds. The Kier molecular flexibility index (Phi) is 4.32. The summed E-state index contributed by atoms with van der Waals surface area (Å²) in [5.74, 6) is -0.267. The molecule has 2 fully saturated rings. The highest BCUT2D eigenvalue weighted by atomic mass is 32.2. The van der Waals surface area contributed by atoms with Crippen LogP contribution in [0.1, 0.15) is 25.3 Å². The predicted molar refractivity (Wildman–Crippen MR) is 101 cm³/mol. The first kappa shape index (κ1) is 16.9. The van der Waals surface area contributed by atoms with Crippen LogP contribution >= 0.6 is 11.8 Å². The van der Waals surface area contributed by atoms with Crippen LogP contribution in [0.5, 0.6) is 0 Å². The number of thioether (sulfide) groups is 1. The molecule has 2 aliphatic rings. The first-order valence-corrected chi connectivity index (χ1v) is 9.51. The highest BCUT2D eigenvalue weighted by Gasteiger charge is 2.34. The summed E-state index contributed by atoms with van der Waals surface area (Å²) >= 11 is 0.960. The lowest BCUT2D eigenvalue weighted by atomic mass is 10.1. The lowest BCUT2D eigenvalue weighted by Crippen LogP contribution is -2.29. The number of para-hydroxylation sites is 1. The minimum atomic E-state index is -0.259. The zero-order valence-corrected chi connectivity index (χ0v) is 15.2. The Morgan fingerprint density at radius 2 is 2.08 bits per heavy atom. The zero-order valence-electron chi connectivity index (χ0n) is 14.4. The van der Waals surface area contributed by atoms with Crippen molar-refractivity contribution in [2.75, 3.05) is 6.54 Å². The number of fused-ring (bicyclic) bond motifs is 1. The monoisotopic (exact) mass is 369 g/mol. The summed E-state index contributed by atoms with van der Waals surface area (Å²) < 4.78 is 1.89. The second-order valence-corrected chi connectivity index (χ2v) is 7.49. The van der Waals surface area contributed by atoms with Gasteiger partial charge in [0.25, 0.3) is 11.1 Å². The molecular formula is C19H19N3O3S. The van der Waals surface area contributed by atoms with Gasteiger partial charge in [-0.2, -0.15) is 0 Å². The molecule has 0 spiro atoms. The Morgan fingerprint density at radius 1 is 1.31 bits per heavy atom. The Bertz CT molecular complexity index is 943. The number of benzene rings is 1. The van der Waals surface area contributed by atoms with E-state index in [0.717, 1.165) is 41.1 Å². The molecule has 0 unspecified atom stereocenters. The summed E-state index contributed by atoms with van der Waals surface area (Å²) in [6.45, 7) is 2.38. The average molecular weight is 369 g/mol. The van der Waals surface area contributed by atoms with Crippen molar-refractivity contribution in [1.29, 1.82) is 0 Å². The fraction of sp³-hybridized carbons (Fsp3) is 0.316. The lowest BCUT2D eigenvalue weighted by Gasteiger charge is -2.06. The third-order valence-electron chi connectivity index (χ3n) is 4.55. The van der Waals surface area contributed by atoms with Crippen LogP contribution in [0.2, 0.25) is 0 Å². The van der Waals surface area contributed by atoms with Gasteiger partial charge in [0, 0.05) is 35.2 Å². The molecule has 1 N–H and O–H groups in total. The van der Waals surface area contributed by atoms with Crippen molar-refractivity contribution in [3.05, 3.63) is 40.9 Å². The summed E-state index contributed by atoms with van der Waals surface area (Å²) in [7, 11) is 0. The number of aromatic nitrogens is 1. The molecule has 1 aliphatic carbocycles. The van der Waals surface area contributed by atoms with Crippen molar-refractivity contribution >= 4 is 45.8 Å². The van der Waals surface area contributed by atoms with Gasteiger partial charge in [-0.15, -0.1) is 0 Å². The van der Waals surface area contributed by atoms with E-state index >= 15 is 0 Å². The van der Waals surface area contributed by atoms with Crippen LogP contribution in [0.3, 0.4) is 0 Å². The van der Waals surface area contributed by atoms with E-state index in [1.165, 1.54) is 4.90 Å². The van der Waals surface area contributed by atoms with Crippen LogP contribution < -0.4 is 5.32 Å². The van der Waals surface area contributed by atoms with E-state index in [2.05, 4.69) is 5.32 Å². The smallest absolute Gasteiger partial charge is 0.293 e. The fourth-order valence-corrected chi connectivity index (χ4v) is 3.98. The number of hydrogen-bond acceptors (Lipinski definition) is 4. The maximum Gasteiger partial charge on any atom is 0.293 e. The first-order valence-electron chi connectivity index (χ1n) is 8.69. The van der Waals surface area contributed by atoms with Gasteiger partial charge in [0.15, 0.2) is 0 Å². The first-order chi connectivity index (χ1) is 12.6. The molecule has 2 heterocycles. The Hall–Kier alpha value is -2.54. The van der Waals surface area contributed by atoms with Gasteiger partial charge in [-0.25, -0.2) is 0 Å².